The van der Waals surface area contributed by atoms with E-state index in [4.69, 9.17) is 0 Å². The van der Waals surface area contributed by atoms with E-state index in [1.165, 1.54) is 0 Å². The first-order valence-corrected chi connectivity index (χ1v) is 6.76. The summed E-state index contributed by atoms with van der Waals surface area (Å²) in [6.45, 7) is 2.01. The summed E-state index contributed by atoms with van der Waals surface area (Å²) in [5.74, 6) is 0.795. The molecule has 1 aromatic carbocycles. The zero-order valence-electron chi connectivity index (χ0n) is 10.4. The molecule has 3 nitrogen and oxygen atoms in total. The highest BCUT2D eigenvalue weighted by Gasteiger charge is 2.05. The number of benzene rings is 1. The van der Waals surface area contributed by atoms with Crippen molar-refractivity contribution in [3.05, 3.63) is 58.8 Å². The molecule has 94 valence electrons. The fraction of sp³-hybridized carbons (Fsp3) is 0.0667. The Balaban J connectivity index is 2.06. The average molecular weight is 314 g/mol. The largest absolute Gasteiger partial charge is 0.338 e. The van der Waals surface area contributed by atoms with Gasteiger partial charge in [0.1, 0.15) is 5.82 Å². The van der Waals surface area contributed by atoms with Crippen LogP contribution in [0.4, 0.5) is 11.5 Å². The second kappa shape index (κ2) is 4.97. The highest BCUT2D eigenvalue weighted by atomic mass is 79.9. The number of hydrogen-bond acceptors (Lipinski definition) is 3. The Morgan fingerprint density at radius 3 is 2.79 bits per heavy atom. The van der Waals surface area contributed by atoms with E-state index >= 15 is 0 Å². The lowest BCUT2D eigenvalue weighted by molar-refractivity contribution is 1.24. The normalized spacial score (nSPS) is 10.6. The van der Waals surface area contributed by atoms with Crippen LogP contribution in [0.25, 0.3) is 10.9 Å². The summed E-state index contributed by atoms with van der Waals surface area (Å²) in [5.41, 5.74) is 3.02. The van der Waals surface area contributed by atoms with Crippen molar-refractivity contribution in [2.24, 2.45) is 0 Å². The predicted octanol–water partition coefficient (Wildman–Crippen LogP) is 4.44. The van der Waals surface area contributed by atoms with Gasteiger partial charge in [0, 0.05) is 17.8 Å². The van der Waals surface area contributed by atoms with Crippen molar-refractivity contribution in [2.45, 2.75) is 6.92 Å². The lowest BCUT2D eigenvalue weighted by atomic mass is 10.2. The van der Waals surface area contributed by atoms with E-state index < -0.39 is 0 Å². The van der Waals surface area contributed by atoms with Crippen LogP contribution in [0, 0.1) is 6.92 Å². The number of nitrogens with one attached hydrogen (secondary N) is 1. The summed E-state index contributed by atoms with van der Waals surface area (Å²) < 4.78 is 0.945. The van der Waals surface area contributed by atoms with Crippen LogP contribution >= 0.6 is 15.9 Å². The molecule has 3 rings (SSSR count). The zero-order valence-corrected chi connectivity index (χ0v) is 12.0. The van der Waals surface area contributed by atoms with Crippen molar-refractivity contribution < 1.29 is 0 Å². The molecule has 0 atom stereocenters. The molecule has 2 heterocycles. The molecule has 3 aromatic rings. The maximum absolute atomic E-state index is 4.42. The number of para-hydroxylation sites is 1. The van der Waals surface area contributed by atoms with Crippen LogP contribution in [0.1, 0.15) is 5.56 Å². The molecule has 0 saturated heterocycles. The van der Waals surface area contributed by atoms with Crippen molar-refractivity contribution in [3.63, 3.8) is 0 Å². The van der Waals surface area contributed by atoms with Crippen LogP contribution in [0.5, 0.6) is 0 Å². The first-order chi connectivity index (χ1) is 9.24. The van der Waals surface area contributed by atoms with Crippen molar-refractivity contribution in [1.29, 1.82) is 0 Å². The Hall–Kier alpha value is -1.94. The minimum absolute atomic E-state index is 0.795. The summed E-state index contributed by atoms with van der Waals surface area (Å²) >= 11 is 3.52. The standard InChI is InChI=1S/C15H12BrN3/c1-10-8-12(16)15(18-9-10)19-13-6-2-4-11-5-3-7-17-14(11)13/h2-9H,1H3,(H,18,19). The molecule has 0 saturated carbocycles. The third-order valence-electron chi connectivity index (χ3n) is 2.86. The van der Waals surface area contributed by atoms with Gasteiger partial charge in [0.15, 0.2) is 0 Å². The second-order valence-corrected chi connectivity index (χ2v) is 5.20. The van der Waals surface area contributed by atoms with Gasteiger partial charge in [0.2, 0.25) is 0 Å². The third kappa shape index (κ3) is 2.44. The van der Waals surface area contributed by atoms with Crippen LogP contribution < -0.4 is 5.32 Å². The summed E-state index contributed by atoms with van der Waals surface area (Å²) in [7, 11) is 0. The Morgan fingerprint density at radius 2 is 1.95 bits per heavy atom. The summed E-state index contributed by atoms with van der Waals surface area (Å²) in [5, 5.41) is 4.43. The lowest BCUT2D eigenvalue weighted by Crippen LogP contribution is -1.96. The van der Waals surface area contributed by atoms with Crippen molar-refractivity contribution in [1.82, 2.24) is 9.97 Å². The Bertz CT molecular complexity index is 735. The van der Waals surface area contributed by atoms with Gasteiger partial charge < -0.3 is 5.32 Å². The molecule has 0 aliphatic heterocycles. The maximum atomic E-state index is 4.42. The number of pyridine rings is 2. The Kier molecular flexibility index (Phi) is 3.17. The zero-order chi connectivity index (χ0) is 13.2. The van der Waals surface area contributed by atoms with Crippen molar-refractivity contribution in [2.75, 3.05) is 5.32 Å². The number of rotatable bonds is 2. The minimum atomic E-state index is 0.795. The van der Waals surface area contributed by atoms with Gasteiger partial charge in [-0.1, -0.05) is 18.2 Å². The van der Waals surface area contributed by atoms with Gasteiger partial charge in [-0.25, -0.2) is 4.98 Å². The topological polar surface area (TPSA) is 37.8 Å². The maximum Gasteiger partial charge on any atom is 0.144 e. The van der Waals surface area contributed by atoms with E-state index in [0.717, 1.165) is 32.4 Å². The molecule has 4 heteroatoms. The molecule has 0 aliphatic carbocycles. The minimum Gasteiger partial charge on any atom is -0.338 e. The molecule has 0 unspecified atom stereocenters. The Labute approximate surface area is 119 Å². The molecular weight excluding hydrogens is 302 g/mol. The molecule has 1 N–H and O–H groups in total. The first kappa shape index (κ1) is 12.1. The predicted molar refractivity (Wildman–Crippen MR) is 81.7 cm³/mol. The molecule has 0 fully saturated rings. The third-order valence-corrected chi connectivity index (χ3v) is 3.47. The van der Waals surface area contributed by atoms with E-state index in [9.17, 15) is 0 Å². The highest BCUT2D eigenvalue weighted by molar-refractivity contribution is 9.10. The first-order valence-electron chi connectivity index (χ1n) is 5.97. The van der Waals surface area contributed by atoms with E-state index in [1.54, 1.807) is 6.20 Å². The molecule has 0 amide bonds. The molecular formula is C15H12BrN3. The summed E-state index contributed by atoms with van der Waals surface area (Å²) in [4.78, 5) is 8.81. The van der Waals surface area contributed by atoms with Gasteiger partial charge in [0.05, 0.1) is 15.7 Å². The summed E-state index contributed by atoms with van der Waals surface area (Å²) in [6.07, 6.45) is 3.64. The number of anilines is 2. The van der Waals surface area contributed by atoms with Gasteiger partial charge in [-0.15, -0.1) is 0 Å². The van der Waals surface area contributed by atoms with Crippen LogP contribution in [0.3, 0.4) is 0 Å². The fourth-order valence-electron chi connectivity index (χ4n) is 1.96. The number of nitrogens with zero attached hydrogens (tertiary/aromatic N) is 2. The van der Waals surface area contributed by atoms with Crippen LogP contribution in [-0.4, -0.2) is 9.97 Å². The number of halogens is 1. The lowest BCUT2D eigenvalue weighted by Gasteiger charge is -2.10. The van der Waals surface area contributed by atoms with Gasteiger partial charge in [-0.2, -0.15) is 0 Å². The molecule has 0 bridgehead atoms. The van der Waals surface area contributed by atoms with E-state index in [0.29, 0.717) is 0 Å². The molecule has 0 radical (unpaired) electrons. The van der Waals surface area contributed by atoms with E-state index in [-0.39, 0.29) is 0 Å². The smallest absolute Gasteiger partial charge is 0.144 e. The number of aromatic nitrogens is 2. The molecule has 2 aromatic heterocycles. The van der Waals surface area contributed by atoms with E-state index in [1.807, 2.05) is 49.5 Å². The van der Waals surface area contributed by atoms with Crippen molar-refractivity contribution >= 4 is 38.3 Å². The van der Waals surface area contributed by atoms with Gasteiger partial charge in [0.25, 0.3) is 0 Å². The van der Waals surface area contributed by atoms with Gasteiger partial charge >= 0.3 is 0 Å². The molecule has 0 aliphatic rings. The van der Waals surface area contributed by atoms with Gasteiger partial charge in [-0.3, -0.25) is 4.98 Å². The second-order valence-electron chi connectivity index (χ2n) is 4.35. The van der Waals surface area contributed by atoms with Crippen LogP contribution in [0.2, 0.25) is 0 Å². The van der Waals surface area contributed by atoms with Crippen LogP contribution in [-0.2, 0) is 0 Å². The number of hydrogen-bond donors (Lipinski definition) is 1. The average Bonchev–Trinajstić information content (AvgIpc) is 2.42. The van der Waals surface area contributed by atoms with Crippen LogP contribution in [0.15, 0.2) is 53.3 Å². The van der Waals surface area contributed by atoms with Crippen molar-refractivity contribution in [3.8, 4) is 0 Å². The molecule has 19 heavy (non-hydrogen) atoms. The fourth-order valence-corrected chi connectivity index (χ4v) is 2.52. The Morgan fingerprint density at radius 1 is 1.11 bits per heavy atom. The number of aryl methyl sites for hydroxylation is 1. The highest BCUT2D eigenvalue weighted by Crippen LogP contribution is 2.28. The monoisotopic (exact) mass is 313 g/mol. The van der Waals surface area contributed by atoms with E-state index in [2.05, 4.69) is 31.2 Å². The molecule has 0 spiro atoms. The SMILES string of the molecule is Cc1cnc(Nc2cccc3cccnc23)c(Br)c1. The number of fused-ring (bicyclic) bond motifs is 1. The summed E-state index contributed by atoms with van der Waals surface area (Å²) in [6, 6.07) is 12.1. The van der Waals surface area contributed by atoms with Gasteiger partial charge in [-0.05, 0) is 46.6 Å². The quantitative estimate of drug-likeness (QED) is 0.759.